The van der Waals surface area contributed by atoms with E-state index in [1.807, 2.05) is 0 Å². The summed E-state index contributed by atoms with van der Waals surface area (Å²) in [7, 11) is 0. The number of hydrogen-bond donors (Lipinski definition) is 1. The van der Waals surface area contributed by atoms with Crippen molar-refractivity contribution in [2.75, 3.05) is 0 Å². The molecule has 0 aliphatic rings. The minimum Gasteiger partial charge on any atom is -0.543 e. The molecule has 0 aliphatic carbocycles. The molecule has 3 heteroatoms. The van der Waals surface area contributed by atoms with Crippen molar-refractivity contribution in [2.24, 2.45) is 0 Å². The summed E-state index contributed by atoms with van der Waals surface area (Å²) in [5.74, 6) is -1.15. The van der Waals surface area contributed by atoms with E-state index < -0.39 is 5.97 Å². The summed E-state index contributed by atoms with van der Waals surface area (Å²) in [5.41, 5.74) is 1.74. The molecule has 0 fully saturated rings. The number of aromatic nitrogens is 1. The maximum Gasteiger partial charge on any atom is 0.0880 e. The quantitative estimate of drug-likeness (QED) is 0.593. The van der Waals surface area contributed by atoms with E-state index in [2.05, 4.69) is 4.98 Å². The Morgan fingerprint density at radius 3 is 2.40 bits per heavy atom. The van der Waals surface area contributed by atoms with Gasteiger partial charge in [-0.15, -0.1) is 0 Å². The summed E-state index contributed by atoms with van der Waals surface area (Å²) in [4.78, 5) is 13.0. The van der Waals surface area contributed by atoms with Gasteiger partial charge in [-0.05, 0) is 25.5 Å². The maximum absolute atomic E-state index is 10.3. The lowest BCUT2D eigenvalue weighted by molar-refractivity contribution is -0.255. The van der Waals surface area contributed by atoms with Crippen molar-refractivity contribution in [3.8, 4) is 0 Å². The van der Waals surface area contributed by atoms with E-state index in [9.17, 15) is 9.90 Å². The van der Waals surface area contributed by atoms with Crippen LogP contribution in [-0.2, 0) is 0 Å². The third kappa shape index (κ3) is 1.03. The number of aryl methyl sites for hydroxylation is 2. The summed E-state index contributed by atoms with van der Waals surface area (Å²) < 4.78 is 0. The van der Waals surface area contributed by atoms with Gasteiger partial charge in [-0.2, -0.15) is 0 Å². The molecule has 1 aromatic heterocycles. The van der Waals surface area contributed by atoms with E-state index in [-0.39, 0.29) is 5.69 Å². The zero-order valence-corrected chi connectivity index (χ0v) is 5.89. The van der Waals surface area contributed by atoms with Gasteiger partial charge in [-0.25, -0.2) is 0 Å². The molecule has 1 aromatic rings. The Kier molecular flexibility index (Phi) is 1.49. The van der Waals surface area contributed by atoms with E-state index >= 15 is 0 Å². The van der Waals surface area contributed by atoms with E-state index in [4.69, 9.17) is 0 Å². The third-order valence-corrected chi connectivity index (χ3v) is 1.35. The number of carboxylic acids is 1. The summed E-state index contributed by atoms with van der Waals surface area (Å²) in [6, 6.07) is 1.77. The van der Waals surface area contributed by atoms with Crippen LogP contribution >= 0.6 is 0 Å². The molecule has 0 amide bonds. The monoisotopic (exact) mass is 138 g/mol. The molecule has 0 bridgehead atoms. The predicted octanol–water partition coefficient (Wildman–Crippen LogP) is -0.00496. The summed E-state index contributed by atoms with van der Waals surface area (Å²) >= 11 is 0. The Morgan fingerprint density at radius 1 is 1.60 bits per heavy atom. The van der Waals surface area contributed by atoms with Crippen LogP contribution in [-0.4, -0.2) is 11.0 Å². The van der Waals surface area contributed by atoms with Gasteiger partial charge >= 0.3 is 0 Å². The van der Waals surface area contributed by atoms with Crippen LogP contribution in [0, 0.1) is 13.8 Å². The molecular weight excluding hydrogens is 130 g/mol. The Bertz CT molecular complexity index is 263. The highest BCUT2D eigenvalue weighted by atomic mass is 16.4. The van der Waals surface area contributed by atoms with Crippen LogP contribution in [0.2, 0.25) is 0 Å². The van der Waals surface area contributed by atoms with Gasteiger partial charge in [0, 0.05) is 5.69 Å². The first-order valence-corrected chi connectivity index (χ1v) is 2.99. The largest absolute Gasteiger partial charge is 0.543 e. The lowest BCUT2D eigenvalue weighted by Gasteiger charge is -1.98. The van der Waals surface area contributed by atoms with E-state index in [1.165, 1.54) is 0 Å². The zero-order chi connectivity index (χ0) is 7.72. The molecule has 0 atom stereocenters. The topological polar surface area (TPSA) is 55.9 Å². The van der Waals surface area contributed by atoms with Gasteiger partial charge in [0.25, 0.3) is 0 Å². The van der Waals surface area contributed by atoms with Crippen LogP contribution in [0.5, 0.6) is 0 Å². The van der Waals surface area contributed by atoms with Crippen LogP contribution in [0.15, 0.2) is 6.07 Å². The highest BCUT2D eigenvalue weighted by Gasteiger charge is 2.00. The number of carbonyl (C=O) groups excluding carboxylic acids is 1. The fourth-order valence-electron chi connectivity index (χ4n) is 0.941. The fraction of sp³-hybridized carbons (Fsp3) is 0.286. The lowest BCUT2D eigenvalue weighted by Crippen LogP contribution is -2.23. The second-order valence-corrected chi connectivity index (χ2v) is 2.30. The molecule has 0 saturated carbocycles. The average molecular weight is 138 g/mol. The van der Waals surface area contributed by atoms with Gasteiger partial charge in [0.1, 0.15) is 0 Å². The molecule has 0 aromatic carbocycles. The highest BCUT2D eigenvalue weighted by Crippen LogP contribution is 2.06. The number of carbonyl (C=O) groups is 1. The molecule has 54 valence electrons. The Balaban J connectivity index is 3.15. The first-order chi connectivity index (χ1) is 4.61. The maximum atomic E-state index is 10.3. The predicted molar refractivity (Wildman–Crippen MR) is 34.6 cm³/mol. The van der Waals surface area contributed by atoms with Crippen molar-refractivity contribution < 1.29 is 9.90 Å². The normalized spacial score (nSPS) is 9.80. The average Bonchev–Trinajstić information content (AvgIpc) is 2.10. The molecule has 3 nitrogen and oxygen atoms in total. The molecule has 0 spiro atoms. The molecule has 1 rings (SSSR count). The number of aromatic amines is 1. The zero-order valence-electron chi connectivity index (χ0n) is 5.89. The Morgan fingerprint density at radius 2 is 2.20 bits per heavy atom. The van der Waals surface area contributed by atoms with E-state index in [0.717, 1.165) is 11.3 Å². The van der Waals surface area contributed by atoms with Crippen molar-refractivity contribution in [2.45, 2.75) is 13.8 Å². The second-order valence-electron chi connectivity index (χ2n) is 2.30. The highest BCUT2D eigenvalue weighted by molar-refractivity contribution is 5.85. The first kappa shape index (κ1) is 6.86. The summed E-state index contributed by atoms with van der Waals surface area (Å²) in [6.45, 7) is 3.54. The third-order valence-electron chi connectivity index (χ3n) is 1.35. The van der Waals surface area contributed by atoms with Gasteiger partial charge < -0.3 is 14.9 Å². The Hall–Kier alpha value is -1.25. The number of aromatic carboxylic acids is 1. The van der Waals surface area contributed by atoms with Crippen molar-refractivity contribution in [1.29, 1.82) is 0 Å². The van der Waals surface area contributed by atoms with Gasteiger partial charge in [-0.1, -0.05) is 0 Å². The van der Waals surface area contributed by atoms with Crippen LogP contribution in [0.1, 0.15) is 21.7 Å². The van der Waals surface area contributed by atoms with E-state index in [0.29, 0.717) is 0 Å². The van der Waals surface area contributed by atoms with Crippen LogP contribution < -0.4 is 5.11 Å². The van der Waals surface area contributed by atoms with Crippen LogP contribution in [0.25, 0.3) is 0 Å². The van der Waals surface area contributed by atoms with Crippen molar-refractivity contribution in [3.05, 3.63) is 23.0 Å². The Labute approximate surface area is 58.7 Å². The van der Waals surface area contributed by atoms with Gasteiger partial charge in [0.2, 0.25) is 0 Å². The molecular formula is C7H8NO2-. The van der Waals surface area contributed by atoms with Gasteiger partial charge in [0.05, 0.1) is 11.7 Å². The number of hydrogen-bond acceptors (Lipinski definition) is 2. The number of nitrogens with one attached hydrogen (secondary N) is 1. The smallest absolute Gasteiger partial charge is 0.0880 e. The van der Waals surface area contributed by atoms with Gasteiger partial charge in [0.15, 0.2) is 0 Å². The van der Waals surface area contributed by atoms with Crippen molar-refractivity contribution in [1.82, 2.24) is 4.98 Å². The molecule has 1 N–H and O–H groups in total. The van der Waals surface area contributed by atoms with Crippen molar-refractivity contribution in [3.63, 3.8) is 0 Å². The summed E-state index contributed by atoms with van der Waals surface area (Å²) in [6.07, 6.45) is 0. The minimum absolute atomic E-state index is 0.178. The standard InChI is InChI=1S/C7H9NO2/c1-4-3-5(2)8-6(4)7(9)10/h3,8H,1-2H3,(H,9,10)/p-1. The first-order valence-electron chi connectivity index (χ1n) is 2.99. The fourth-order valence-corrected chi connectivity index (χ4v) is 0.941. The second kappa shape index (κ2) is 2.17. The molecule has 0 aliphatic heterocycles. The van der Waals surface area contributed by atoms with E-state index in [1.54, 1.807) is 19.9 Å². The van der Waals surface area contributed by atoms with Crippen LogP contribution in [0.3, 0.4) is 0 Å². The SMILES string of the molecule is Cc1cc(C)c(C(=O)[O-])[nH]1. The molecule has 0 saturated heterocycles. The number of carboxylic acid groups (broad SMARTS) is 1. The molecule has 10 heavy (non-hydrogen) atoms. The molecule has 0 radical (unpaired) electrons. The number of rotatable bonds is 1. The van der Waals surface area contributed by atoms with Crippen LogP contribution in [0.4, 0.5) is 0 Å². The molecule has 1 heterocycles. The van der Waals surface area contributed by atoms with Crippen molar-refractivity contribution >= 4 is 5.97 Å². The number of H-pyrrole nitrogens is 1. The van der Waals surface area contributed by atoms with Gasteiger partial charge in [-0.3, -0.25) is 0 Å². The lowest BCUT2D eigenvalue weighted by atomic mass is 10.3. The summed E-state index contributed by atoms with van der Waals surface area (Å²) in [5, 5.41) is 10.3. The minimum atomic E-state index is -1.15. The molecule has 0 unspecified atom stereocenters.